The average molecular weight is 319 g/mol. The molecular formula is C18H20ClFN2. The topological polar surface area (TPSA) is 29.3 Å². The minimum absolute atomic E-state index is 0.156. The lowest BCUT2D eigenvalue weighted by atomic mass is 9.90. The van der Waals surface area contributed by atoms with Crippen LogP contribution in [0.4, 0.5) is 4.39 Å². The van der Waals surface area contributed by atoms with Crippen LogP contribution in [0.2, 0.25) is 5.02 Å². The molecule has 0 amide bonds. The first-order valence-corrected chi connectivity index (χ1v) is 7.99. The number of hydrogen-bond acceptors (Lipinski definition) is 2. The molecule has 22 heavy (non-hydrogen) atoms. The van der Waals surface area contributed by atoms with E-state index in [0.29, 0.717) is 12.6 Å². The molecule has 0 bridgehead atoms. The summed E-state index contributed by atoms with van der Waals surface area (Å²) in [6, 6.07) is 13.4. The van der Waals surface area contributed by atoms with Gasteiger partial charge in [0.2, 0.25) is 0 Å². The standard InChI is InChI=1S/C18H20ClFN2/c19-16-4-1-13(2-5-16)9-18-11-15-10-17(20)6-3-14(15)12-22(18)8-7-21/h1-6,10,18H,7-9,11-12,21H2. The van der Waals surface area contributed by atoms with Crippen molar-refractivity contribution in [2.75, 3.05) is 13.1 Å². The summed E-state index contributed by atoms with van der Waals surface area (Å²) in [6.45, 7) is 2.33. The average Bonchev–Trinajstić information content (AvgIpc) is 2.50. The van der Waals surface area contributed by atoms with Gasteiger partial charge in [0.25, 0.3) is 0 Å². The fraction of sp³-hybridized carbons (Fsp3) is 0.333. The molecule has 0 aliphatic carbocycles. The predicted octanol–water partition coefficient (Wildman–Crippen LogP) is 3.41. The predicted molar refractivity (Wildman–Crippen MR) is 88.5 cm³/mol. The van der Waals surface area contributed by atoms with Gasteiger partial charge in [0, 0.05) is 30.7 Å². The van der Waals surface area contributed by atoms with Crippen LogP contribution in [-0.2, 0) is 19.4 Å². The van der Waals surface area contributed by atoms with E-state index >= 15 is 0 Å². The van der Waals surface area contributed by atoms with Crippen molar-refractivity contribution in [2.45, 2.75) is 25.4 Å². The Morgan fingerprint density at radius 2 is 1.91 bits per heavy atom. The number of halogens is 2. The molecule has 1 unspecified atom stereocenters. The molecular weight excluding hydrogens is 299 g/mol. The number of fused-ring (bicyclic) bond motifs is 1. The van der Waals surface area contributed by atoms with Gasteiger partial charge in [0.1, 0.15) is 5.82 Å². The molecule has 1 heterocycles. The molecule has 2 aromatic rings. The van der Waals surface area contributed by atoms with Gasteiger partial charge in [-0.05, 0) is 53.8 Å². The molecule has 0 aromatic heterocycles. The van der Waals surface area contributed by atoms with Crippen LogP contribution in [0.25, 0.3) is 0 Å². The van der Waals surface area contributed by atoms with E-state index in [1.807, 2.05) is 18.2 Å². The maximum absolute atomic E-state index is 13.5. The Bertz CT molecular complexity index is 642. The smallest absolute Gasteiger partial charge is 0.123 e. The molecule has 3 rings (SSSR count). The second-order valence-corrected chi connectivity index (χ2v) is 6.30. The summed E-state index contributed by atoms with van der Waals surface area (Å²) < 4.78 is 13.5. The Balaban J connectivity index is 1.82. The molecule has 116 valence electrons. The summed E-state index contributed by atoms with van der Waals surface area (Å²) in [5.74, 6) is -0.156. The third-order valence-corrected chi connectivity index (χ3v) is 4.57. The Morgan fingerprint density at radius 1 is 1.14 bits per heavy atom. The minimum Gasteiger partial charge on any atom is -0.329 e. The molecule has 0 fully saturated rings. The SMILES string of the molecule is NCCN1Cc2ccc(F)cc2CC1Cc1ccc(Cl)cc1. The molecule has 2 N–H and O–H groups in total. The quantitative estimate of drug-likeness (QED) is 0.936. The zero-order valence-corrected chi connectivity index (χ0v) is 13.2. The van der Waals surface area contributed by atoms with Crippen LogP contribution in [0, 0.1) is 5.82 Å². The van der Waals surface area contributed by atoms with Crippen LogP contribution in [0.5, 0.6) is 0 Å². The summed E-state index contributed by atoms with van der Waals surface area (Å²) in [5.41, 5.74) is 9.33. The van der Waals surface area contributed by atoms with Gasteiger partial charge in [-0.15, -0.1) is 0 Å². The Labute approximate surface area is 135 Å². The van der Waals surface area contributed by atoms with Crippen LogP contribution in [0.15, 0.2) is 42.5 Å². The Kier molecular flexibility index (Phi) is 4.77. The lowest BCUT2D eigenvalue weighted by molar-refractivity contribution is 0.175. The van der Waals surface area contributed by atoms with E-state index in [0.717, 1.165) is 36.5 Å². The van der Waals surface area contributed by atoms with Gasteiger partial charge in [0.05, 0.1) is 0 Å². The molecule has 2 aromatic carbocycles. The van der Waals surface area contributed by atoms with Crippen molar-refractivity contribution in [2.24, 2.45) is 5.73 Å². The van der Waals surface area contributed by atoms with E-state index in [4.69, 9.17) is 17.3 Å². The third kappa shape index (κ3) is 3.49. The van der Waals surface area contributed by atoms with Gasteiger partial charge in [-0.25, -0.2) is 4.39 Å². The molecule has 0 saturated heterocycles. The van der Waals surface area contributed by atoms with Gasteiger partial charge in [-0.2, -0.15) is 0 Å². The normalized spacial score (nSPS) is 18.2. The highest BCUT2D eigenvalue weighted by molar-refractivity contribution is 6.30. The second-order valence-electron chi connectivity index (χ2n) is 5.86. The van der Waals surface area contributed by atoms with Crippen molar-refractivity contribution >= 4 is 11.6 Å². The van der Waals surface area contributed by atoms with Gasteiger partial charge >= 0.3 is 0 Å². The van der Waals surface area contributed by atoms with E-state index in [1.165, 1.54) is 11.1 Å². The molecule has 0 spiro atoms. The lowest BCUT2D eigenvalue weighted by Gasteiger charge is -2.37. The van der Waals surface area contributed by atoms with Crippen LogP contribution in [0.3, 0.4) is 0 Å². The van der Waals surface area contributed by atoms with Gasteiger partial charge in [0.15, 0.2) is 0 Å². The van der Waals surface area contributed by atoms with Crippen molar-refractivity contribution in [3.63, 3.8) is 0 Å². The summed E-state index contributed by atoms with van der Waals surface area (Å²) in [4.78, 5) is 2.40. The number of rotatable bonds is 4. The monoisotopic (exact) mass is 318 g/mol. The molecule has 1 aliphatic rings. The highest BCUT2D eigenvalue weighted by atomic mass is 35.5. The fourth-order valence-corrected chi connectivity index (χ4v) is 3.32. The van der Waals surface area contributed by atoms with E-state index < -0.39 is 0 Å². The molecule has 0 radical (unpaired) electrons. The molecule has 4 heteroatoms. The van der Waals surface area contributed by atoms with E-state index in [2.05, 4.69) is 17.0 Å². The first kappa shape index (κ1) is 15.5. The summed E-state index contributed by atoms with van der Waals surface area (Å²) in [6.07, 6.45) is 1.78. The number of nitrogens with two attached hydrogens (primary N) is 1. The van der Waals surface area contributed by atoms with Gasteiger partial charge < -0.3 is 5.73 Å². The van der Waals surface area contributed by atoms with Crippen molar-refractivity contribution in [3.8, 4) is 0 Å². The largest absolute Gasteiger partial charge is 0.329 e. The number of benzene rings is 2. The highest BCUT2D eigenvalue weighted by Crippen LogP contribution is 2.26. The Hall–Kier alpha value is -1.42. The molecule has 2 nitrogen and oxygen atoms in total. The lowest BCUT2D eigenvalue weighted by Crippen LogP contribution is -2.44. The van der Waals surface area contributed by atoms with Crippen molar-refractivity contribution in [1.29, 1.82) is 0 Å². The minimum atomic E-state index is -0.156. The third-order valence-electron chi connectivity index (χ3n) is 4.31. The first-order chi connectivity index (χ1) is 10.7. The maximum Gasteiger partial charge on any atom is 0.123 e. The van der Waals surface area contributed by atoms with Gasteiger partial charge in [-0.3, -0.25) is 4.90 Å². The zero-order valence-electron chi connectivity index (χ0n) is 12.4. The van der Waals surface area contributed by atoms with Crippen LogP contribution in [0.1, 0.15) is 16.7 Å². The Morgan fingerprint density at radius 3 is 2.64 bits per heavy atom. The highest BCUT2D eigenvalue weighted by Gasteiger charge is 2.26. The maximum atomic E-state index is 13.5. The van der Waals surface area contributed by atoms with Crippen molar-refractivity contribution < 1.29 is 4.39 Å². The van der Waals surface area contributed by atoms with Crippen LogP contribution < -0.4 is 5.73 Å². The summed E-state index contributed by atoms with van der Waals surface area (Å²) in [5, 5.41) is 0.749. The van der Waals surface area contributed by atoms with Crippen molar-refractivity contribution in [1.82, 2.24) is 4.90 Å². The van der Waals surface area contributed by atoms with Crippen molar-refractivity contribution in [3.05, 3.63) is 70.0 Å². The summed E-state index contributed by atoms with van der Waals surface area (Å²) in [7, 11) is 0. The summed E-state index contributed by atoms with van der Waals surface area (Å²) >= 11 is 5.95. The second kappa shape index (κ2) is 6.78. The number of hydrogen-bond donors (Lipinski definition) is 1. The van der Waals surface area contributed by atoms with Crippen LogP contribution >= 0.6 is 11.6 Å². The molecule has 1 atom stereocenters. The van der Waals surface area contributed by atoms with Gasteiger partial charge in [-0.1, -0.05) is 29.8 Å². The molecule has 1 aliphatic heterocycles. The van der Waals surface area contributed by atoms with E-state index in [1.54, 1.807) is 12.1 Å². The first-order valence-electron chi connectivity index (χ1n) is 7.61. The van der Waals surface area contributed by atoms with E-state index in [9.17, 15) is 4.39 Å². The number of nitrogens with zero attached hydrogens (tertiary/aromatic N) is 1. The fourth-order valence-electron chi connectivity index (χ4n) is 3.19. The van der Waals surface area contributed by atoms with E-state index in [-0.39, 0.29) is 5.82 Å². The zero-order chi connectivity index (χ0) is 15.5. The van der Waals surface area contributed by atoms with Crippen LogP contribution in [-0.4, -0.2) is 24.0 Å². The molecule has 0 saturated carbocycles.